The number of amides is 3. The highest BCUT2D eigenvalue weighted by Gasteiger charge is 2.30. The fraction of sp³-hybridized carbons (Fsp3) is 0.600. The van der Waals surface area contributed by atoms with Gasteiger partial charge in [-0.15, -0.1) is 0 Å². The average Bonchev–Trinajstić information content (AvgIpc) is 2.96. The number of carbonyl (C=O) groups excluding carboxylic acids is 2. The van der Waals surface area contributed by atoms with E-state index in [0.29, 0.717) is 37.6 Å². The molecule has 2 unspecified atom stereocenters. The van der Waals surface area contributed by atoms with Crippen LogP contribution in [0.25, 0.3) is 0 Å². The molecule has 2 aromatic carbocycles. The maximum absolute atomic E-state index is 12.9. The van der Waals surface area contributed by atoms with Gasteiger partial charge < -0.3 is 40.0 Å². The molecule has 2 aromatic rings. The van der Waals surface area contributed by atoms with Crippen LogP contribution in [-0.4, -0.2) is 69.0 Å². The molecule has 0 radical (unpaired) electrons. The van der Waals surface area contributed by atoms with Crippen molar-refractivity contribution >= 4 is 12.1 Å². The Morgan fingerprint density at radius 2 is 1.62 bits per heavy atom. The fourth-order valence-electron chi connectivity index (χ4n) is 4.93. The van der Waals surface area contributed by atoms with E-state index in [0.717, 1.165) is 17.5 Å². The number of hydrogen-bond acceptors (Lipinski definition) is 7. The normalized spacial score (nSPS) is 13.8. The third-order valence-electron chi connectivity index (χ3n) is 7.54. The zero-order valence-corrected chi connectivity index (χ0v) is 28.6. The molecule has 3 atom stereocenters. The summed E-state index contributed by atoms with van der Waals surface area (Å²) in [6.07, 6.45) is 0.186. The van der Waals surface area contributed by atoms with Gasteiger partial charge in [-0.1, -0.05) is 50.2 Å². The molecule has 0 heterocycles. The minimum atomic E-state index is -1.07. The second-order valence-electron chi connectivity index (χ2n) is 13.3. The molecule has 0 aliphatic carbocycles. The zero-order valence-electron chi connectivity index (χ0n) is 28.6. The van der Waals surface area contributed by atoms with E-state index >= 15 is 0 Å². The van der Waals surface area contributed by atoms with Crippen LogP contribution < -0.4 is 25.4 Å². The molecule has 45 heavy (non-hydrogen) atoms. The van der Waals surface area contributed by atoms with E-state index < -0.39 is 35.4 Å². The molecular weight excluding hydrogens is 574 g/mol. The summed E-state index contributed by atoms with van der Waals surface area (Å²) in [6.45, 7) is 14.4. The lowest BCUT2D eigenvalue weighted by Crippen LogP contribution is -2.53. The highest BCUT2D eigenvalue weighted by molar-refractivity contribution is 5.75. The lowest BCUT2D eigenvalue weighted by molar-refractivity contribution is 0.0393. The number of urea groups is 1. The van der Waals surface area contributed by atoms with Crippen LogP contribution in [0.2, 0.25) is 0 Å². The van der Waals surface area contributed by atoms with Gasteiger partial charge in [0, 0.05) is 26.7 Å². The summed E-state index contributed by atoms with van der Waals surface area (Å²) in [6, 6.07) is 14.4. The van der Waals surface area contributed by atoms with Crippen LogP contribution in [0.1, 0.15) is 72.4 Å². The van der Waals surface area contributed by atoms with Crippen molar-refractivity contribution in [3.05, 3.63) is 59.7 Å². The molecule has 10 nitrogen and oxygen atoms in total. The lowest BCUT2D eigenvalue weighted by Gasteiger charge is -2.32. The lowest BCUT2D eigenvalue weighted by atomic mass is 9.83. The smallest absolute Gasteiger partial charge is 0.407 e. The highest BCUT2D eigenvalue weighted by atomic mass is 16.6. The largest absolute Gasteiger partial charge is 0.493 e. The van der Waals surface area contributed by atoms with Crippen LogP contribution in [0, 0.1) is 11.8 Å². The summed E-state index contributed by atoms with van der Waals surface area (Å²) >= 11 is 0. The van der Waals surface area contributed by atoms with Gasteiger partial charge in [0.15, 0.2) is 11.5 Å². The van der Waals surface area contributed by atoms with E-state index in [1.807, 2.05) is 62.4 Å². The Balaban J connectivity index is 2.18. The third-order valence-corrected chi connectivity index (χ3v) is 7.54. The van der Waals surface area contributed by atoms with Gasteiger partial charge in [-0.05, 0) is 82.6 Å². The highest BCUT2D eigenvalue weighted by Crippen LogP contribution is 2.31. The van der Waals surface area contributed by atoms with E-state index in [1.165, 1.54) is 0 Å². The van der Waals surface area contributed by atoms with Crippen molar-refractivity contribution in [2.45, 2.75) is 91.0 Å². The number of carbonyl (C=O) groups is 2. The first-order valence-electron chi connectivity index (χ1n) is 15.7. The summed E-state index contributed by atoms with van der Waals surface area (Å²) in [5.74, 6) is 1.60. The second-order valence-corrected chi connectivity index (χ2v) is 13.3. The molecule has 0 fully saturated rings. The SMILES string of the molecule is COCCCOc1cc(CC(C[C@H](NC(=O)OC(C)(C)C)C(O)CNC(=O)NC(C)(C)c2ccccc2)C(C)C)ccc1OC. The van der Waals surface area contributed by atoms with E-state index in [-0.39, 0.29) is 18.4 Å². The first-order valence-corrected chi connectivity index (χ1v) is 15.7. The summed E-state index contributed by atoms with van der Waals surface area (Å²) in [5.41, 5.74) is 0.660. The maximum atomic E-state index is 12.9. The Morgan fingerprint density at radius 1 is 0.933 bits per heavy atom. The molecule has 0 saturated heterocycles. The standard InChI is InChI=1S/C35H55N3O7/c1-24(2)26(20-25-16-17-30(43-9)31(21-25)44-19-13-18-42-8)22-28(37-33(41)45-34(3,4)5)29(39)23-36-32(40)38-35(6,7)27-14-11-10-12-15-27/h10-12,14-17,21,24,26,28-29,39H,13,18-20,22-23H2,1-9H3,(H,37,41)(H2,36,38,40)/t26?,28-,29?/m0/s1. The van der Waals surface area contributed by atoms with E-state index in [9.17, 15) is 14.7 Å². The number of ether oxygens (including phenoxy) is 4. The maximum Gasteiger partial charge on any atom is 0.407 e. The Kier molecular flexibility index (Phi) is 14.9. The topological polar surface area (TPSA) is 127 Å². The number of alkyl carbamates (subject to hydrolysis) is 1. The van der Waals surface area contributed by atoms with Gasteiger partial charge in [0.2, 0.25) is 0 Å². The predicted molar refractivity (Wildman–Crippen MR) is 177 cm³/mol. The van der Waals surface area contributed by atoms with E-state index in [4.69, 9.17) is 18.9 Å². The number of aliphatic hydroxyl groups is 1. The number of methoxy groups -OCH3 is 2. The van der Waals surface area contributed by atoms with Crippen molar-refractivity contribution in [1.82, 2.24) is 16.0 Å². The predicted octanol–water partition coefficient (Wildman–Crippen LogP) is 5.80. The van der Waals surface area contributed by atoms with Gasteiger partial charge in [0.1, 0.15) is 5.60 Å². The summed E-state index contributed by atoms with van der Waals surface area (Å²) in [5, 5.41) is 19.9. The minimum Gasteiger partial charge on any atom is -0.493 e. The minimum absolute atomic E-state index is 0.0655. The van der Waals surface area contributed by atoms with Crippen LogP contribution in [0.15, 0.2) is 48.5 Å². The molecule has 0 aliphatic rings. The van der Waals surface area contributed by atoms with Crippen molar-refractivity contribution in [1.29, 1.82) is 0 Å². The van der Waals surface area contributed by atoms with Crippen molar-refractivity contribution in [3.8, 4) is 11.5 Å². The molecule has 0 saturated carbocycles. The summed E-state index contributed by atoms with van der Waals surface area (Å²) in [7, 11) is 3.27. The molecule has 0 spiro atoms. The third kappa shape index (κ3) is 13.6. The van der Waals surface area contributed by atoms with E-state index in [2.05, 4.69) is 29.8 Å². The van der Waals surface area contributed by atoms with Crippen LogP contribution >= 0.6 is 0 Å². The van der Waals surface area contributed by atoms with Crippen molar-refractivity contribution < 1.29 is 33.6 Å². The number of rotatable bonds is 17. The molecule has 0 aromatic heterocycles. The quantitative estimate of drug-likeness (QED) is 0.163. The first-order chi connectivity index (χ1) is 21.1. The number of nitrogens with one attached hydrogen (secondary N) is 3. The molecule has 2 rings (SSSR count). The molecule has 10 heteroatoms. The Hall–Kier alpha value is -3.50. The van der Waals surface area contributed by atoms with Crippen molar-refractivity contribution in [2.24, 2.45) is 11.8 Å². The molecule has 252 valence electrons. The Morgan fingerprint density at radius 3 is 2.22 bits per heavy atom. The van der Waals surface area contributed by atoms with Gasteiger partial charge in [-0.25, -0.2) is 9.59 Å². The fourth-order valence-corrected chi connectivity index (χ4v) is 4.93. The molecule has 4 N–H and O–H groups in total. The molecule has 0 bridgehead atoms. The van der Waals surface area contributed by atoms with Gasteiger partial charge in [-0.2, -0.15) is 0 Å². The van der Waals surface area contributed by atoms with Crippen LogP contribution in [0.5, 0.6) is 11.5 Å². The molecule has 0 aliphatic heterocycles. The zero-order chi connectivity index (χ0) is 33.6. The van der Waals surface area contributed by atoms with E-state index in [1.54, 1.807) is 35.0 Å². The molecular formula is C35H55N3O7. The number of benzene rings is 2. The first kappa shape index (κ1) is 37.7. The Labute approximate surface area is 269 Å². The summed E-state index contributed by atoms with van der Waals surface area (Å²) in [4.78, 5) is 25.7. The van der Waals surface area contributed by atoms with Crippen molar-refractivity contribution in [2.75, 3.05) is 34.0 Å². The number of hydrogen-bond donors (Lipinski definition) is 4. The average molecular weight is 630 g/mol. The summed E-state index contributed by atoms with van der Waals surface area (Å²) < 4.78 is 22.1. The second kappa shape index (κ2) is 17.8. The monoisotopic (exact) mass is 629 g/mol. The number of aliphatic hydroxyl groups excluding tert-OH is 1. The van der Waals surface area contributed by atoms with Crippen LogP contribution in [0.3, 0.4) is 0 Å². The Bertz CT molecular complexity index is 1180. The van der Waals surface area contributed by atoms with Crippen LogP contribution in [0.4, 0.5) is 9.59 Å². The van der Waals surface area contributed by atoms with Gasteiger partial charge in [0.05, 0.1) is 31.4 Å². The molecule has 3 amide bonds. The van der Waals surface area contributed by atoms with Gasteiger partial charge >= 0.3 is 12.1 Å². The van der Waals surface area contributed by atoms with Gasteiger partial charge in [-0.3, -0.25) is 0 Å². The van der Waals surface area contributed by atoms with Crippen LogP contribution in [-0.2, 0) is 21.4 Å². The van der Waals surface area contributed by atoms with Crippen molar-refractivity contribution in [3.63, 3.8) is 0 Å². The van der Waals surface area contributed by atoms with Gasteiger partial charge in [0.25, 0.3) is 0 Å².